The Hall–Kier alpha value is -1.81. The van der Waals surface area contributed by atoms with Crippen LogP contribution in [0.5, 0.6) is 5.88 Å². The van der Waals surface area contributed by atoms with Crippen LogP contribution in [0.25, 0.3) is 0 Å². The number of halogens is 1. The lowest BCUT2D eigenvalue weighted by Crippen LogP contribution is -2.04. The van der Waals surface area contributed by atoms with E-state index in [1.54, 1.807) is 6.07 Å². The summed E-state index contributed by atoms with van der Waals surface area (Å²) in [5.41, 5.74) is 1.01. The molecule has 1 N–H and O–H groups in total. The molecular formula is C15H18ClN3O. The lowest BCUT2D eigenvalue weighted by molar-refractivity contribution is 0.292. The van der Waals surface area contributed by atoms with E-state index in [1.807, 2.05) is 31.3 Å². The van der Waals surface area contributed by atoms with Crippen LogP contribution in [0, 0.1) is 0 Å². The van der Waals surface area contributed by atoms with Crippen molar-refractivity contribution in [2.75, 3.05) is 12.4 Å². The number of benzene rings is 1. The Bertz CT molecular complexity index is 575. The maximum Gasteiger partial charge on any atom is 0.219 e. The lowest BCUT2D eigenvalue weighted by Gasteiger charge is -2.09. The normalized spacial score (nSPS) is 10.3. The number of aromatic nitrogens is 2. The summed E-state index contributed by atoms with van der Waals surface area (Å²) >= 11 is 5.95. The monoisotopic (exact) mass is 291 g/mol. The molecule has 0 spiro atoms. The van der Waals surface area contributed by atoms with Crippen LogP contribution >= 0.6 is 11.6 Å². The van der Waals surface area contributed by atoms with E-state index in [4.69, 9.17) is 16.3 Å². The van der Waals surface area contributed by atoms with Crippen molar-refractivity contribution in [1.82, 2.24) is 9.97 Å². The minimum atomic E-state index is 0.437. The smallest absolute Gasteiger partial charge is 0.219 e. The zero-order valence-corrected chi connectivity index (χ0v) is 12.4. The first kappa shape index (κ1) is 14.6. The summed E-state index contributed by atoms with van der Waals surface area (Å²) in [6, 6.07) is 9.40. The van der Waals surface area contributed by atoms with E-state index in [0.717, 1.165) is 30.0 Å². The van der Waals surface area contributed by atoms with Gasteiger partial charge in [0.15, 0.2) is 0 Å². The third-order valence-corrected chi connectivity index (χ3v) is 2.99. The van der Waals surface area contributed by atoms with E-state index in [9.17, 15) is 0 Å². The van der Waals surface area contributed by atoms with Gasteiger partial charge >= 0.3 is 0 Å². The van der Waals surface area contributed by atoms with Crippen LogP contribution in [0.2, 0.25) is 5.02 Å². The molecular weight excluding hydrogens is 274 g/mol. The zero-order valence-electron chi connectivity index (χ0n) is 11.7. The van der Waals surface area contributed by atoms with Crippen LogP contribution in [-0.2, 0) is 13.0 Å². The highest BCUT2D eigenvalue weighted by atomic mass is 35.5. The van der Waals surface area contributed by atoms with Gasteiger partial charge in [-0.1, -0.05) is 30.7 Å². The van der Waals surface area contributed by atoms with Gasteiger partial charge in [0, 0.05) is 24.6 Å². The highest BCUT2D eigenvalue weighted by Gasteiger charge is 2.05. The number of hydrogen-bond donors (Lipinski definition) is 1. The van der Waals surface area contributed by atoms with Crippen LogP contribution in [0.15, 0.2) is 30.3 Å². The molecule has 0 aliphatic carbocycles. The zero-order chi connectivity index (χ0) is 14.4. The second-order valence-electron chi connectivity index (χ2n) is 4.43. The first-order chi connectivity index (χ1) is 9.71. The fourth-order valence-corrected chi connectivity index (χ4v) is 2.01. The number of aryl methyl sites for hydroxylation is 1. The van der Waals surface area contributed by atoms with E-state index < -0.39 is 0 Å². The van der Waals surface area contributed by atoms with Gasteiger partial charge in [0.25, 0.3) is 0 Å². The molecule has 2 aromatic rings. The number of hydrogen-bond acceptors (Lipinski definition) is 4. The molecule has 1 heterocycles. The summed E-state index contributed by atoms with van der Waals surface area (Å²) in [6.45, 7) is 2.54. The largest absolute Gasteiger partial charge is 0.473 e. The summed E-state index contributed by atoms with van der Waals surface area (Å²) in [5.74, 6) is 2.14. The minimum Gasteiger partial charge on any atom is -0.473 e. The van der Waals surface area contributed by atoms with Gasteiger partial charge in [-0.2, -0.15) is 4.98 Å². The Kier molecular flexibility index (Phi) is 5.18. The van der Waals surface area contributed by atoms with Crippen LogP contribution in [0.4, 0.5) is 5.82 Å². The van der Waals surface area contributed by atoms with Crippen molar-refractivity contribution in [2.45, 2.75) is 26.4 Å². The number of ether oxygens (including phenoxy) is 1. The van der Waals surface area contributed by atoms with Crippen LogP contribution in [0.3, 0.4) is 0 Å². The molecule has 0 aliphatic rings. The van der Waals surface area contributed by atoms with Crippen molar-refractivity contribution in [3.8, 4) is 5.88 Å². The Morgan fingerprint density at radius 2 is 2.10 bits per heavy atom. The number of nitrogens with zero attached hydrogens (tertiary/aromatic N) is 2. The molecule has 0 bridgehead atoms. The Balaban J connectivity index is 2.10. The maximum atomic E-state index is 5.95. The van der Waals surface area contributed by atoms with Crippen molar-refractivity contribution >= 4 is 17.4 Å². The second-order valence-corrected chi connectivity index (χ2v) is 4.86. The molecule has 0 saturated heterocycles. The molecule has 20 heavy (non-hydrogen) atoms. The molecule has 1 aromatic carbocycles. The quantitative estimate of drug-likeness (QED) is 0.881. The molecule has 0 atom stereocenters. The van der Waals surface area contributed by atoms with E-state index in [1.165, 1.54) is 0 Å². The standard InChI is InChI=1S/C15H18ClN3O/c1-3-5-13-18-14(17-2)9-15(19-13)20-10-11-6-4-7-12(16)8-11/h4,6-9H,3,5,10H2,1-2H3,(H,17,18,19). The molecule has 5 heteroatoms. The highest BCUT2D eigenvalue weighted by molar-refractivity contribution is 6.30. The second kappa shape index (κ2) is 7.10. The Morgan fingerprint density at radius 1 is 1.25 bits per heavy atom. The Labute approximate surface area is 124 Å². The third kappa shape index (κ3) is 4.10. The summed E-state index contributed by atoms with van der Waals surface area (Å²) in [4.78, 5) is 8.79. The molecule has 106 valence electrons. The highest BCUT2D eigenvalue weighted by Crippen LogP contribution is 2.17. The molecule has 1 aromatic heterocycles. The third-order valence-electron chi connectivity index (χ3n) is 2.75. The van der Waals surface area contributed by atoms with Gasteiger partial charge in [0.2, 0.25) is 5.88 Å². The van der Waals surface area contributed by atoms with Crippen molar-refractivity contribution in [3.05, 3.63) is 46.7 Å². The summed E-state index contributed by atoms with van der Waals surface area (Å²) in [5, 5.41) is 3.73. The van der Waals surface area contributed by atoms with Crippen molar-refractivity contribution in [2.24, 2.45) is 0 Å². The van der Waals surface area contributed by atoms with E-state index in [2.05, 4.69) is 22.2 Å². The molecule has 0 aliphatic heterocycles. The van der Waals surface area contributed by atoms with Crippen LogP contribution in [0.1, 0.15) is 24.7 Å². The summed E-state index contributed by atoms with van der Waals surface area (Å²) < 4.78 is 5.73. The van der Waals surface area contributed by atoms with Gasteiger partial charge in [-0.3, -0.25) is 0 Å². The van der Waals surface area contributed by atoms with Crippen molar-refractivity contribution in [3.63, 3.8) is 0 Å². The molecule has 2 rings (SSSR count). The van der Waals surface area contributed by atoms with Crippen molar-refractivity contribution < 1.29 is 4.74 Å². The van der Waals surface area contributed by atoms with Gasteiger partial charge in [-0.25, -0.2) is 4.98 Å². The molecule has 0 unspecified atom stereocenters. The molecule has 0 saturated carbocycles. The predicted octanol–water partition coefficient (Wildman–Crippen LogP) is 3.70. The first-order valence-corrected chi connectivity index (χ1v) is 7.02. The van der Waals surface area contributed by atoms with Crippen LogP contribution < -0.4 is 10.1 Å². The fourth-order valence-electron chi connectivity index (χ4n) is 1.79. The maximum absolute atomic E-state index is 5.95. The molecule has 0 amide bonds. The SMILES string of the molecule is CCCc1nc(NC)cc(OCc2cccc(Cl)c2)n1. The average Bonchev–Trinajstić information content (AvgIpc) is 2.45. The van der Waals surface area contributed by atoms with E-state index in [0.29, 0.717) is 17.5 Å². The van der Waals surface area contributed by atoms with Gasteiger partial charge in [0.05, 0.1) is 0 Å². The van der Waals surface area contributed by atoms with Gasteiger partial charge in [-0.05, 0) is 24.1 Å². The molecule has 0 radical (unpaired) electrons. The minimum absolute atomic E-state index is 0.437. The van der Waals surface area contributed by atoms with Crippen LogP contribution in [-0.4, -0.2) is 17.0 Å². The Morgan fingerprint density at radius 3 is 2.80 bits per heavy atom. The number of nitrogens with one attached hydrogen (secondary N) is 1. The number of rotatable bonds is 6. The molecule has 4 nitrogen and oxygen atoms in total. The summed E-state index contributed by atoms with van der Waals surface area (Å²) in [6.07, 6.45) is 1.84. The van der Waals surface area contributed by atoms with Gasteiger partial charge in [0.1, 0.15) is 18.2 Å². The lowest BCUT2D eigenvalue weighted by atomic mass is 10.2. The predicted molar refractivity (Wildman–Crippen MR) is 81.4 cm³/mol. The van der Waals surface area contributed by atoms with Gasteiger partial charge < -0.3 is 10.1 Å². The average molecular weight is 292 g/mol. The molecule has 0 fully saturated rings. The van der Waals surface area contributed by atoms with Gasteiger partial charge in [-0.15, -0.1) is 0 Å². The van der Waals surface area contributed by atoms with E-state index in [-0.39, 0.29) is 0 Å². The van der Waals surface area contributed by atoms with Crippen molar-refractivity contribution in [1.29, 1.82) is 0 Å². The van der Waals surface area contributed by atoms with E-state index >= 15 is 0 Å². The first-order valence-electron chi connectivity index (χ1n) is 6.64. The topological polar surface area (TPSA) is 47.0 Å². The summed E-state index contributed by atoms with van der Waals surface area (Å²) in [7, 11) is 1.83. The fraction of sp³-hybridized carbons (Fsp3) is 0.333. The number of anilines is 1.